The highest BCUT2D eigenvalue weighted by Gasteiger charge is 2.36. The predicted octanol–water partition coefficient (Wildman–Crippen LogP) is 3.87. The van der Waals surface area contributed by atoms with Gasteiger partial charge in [-0.3, -0.25) is 0 Å². The number of carbonyl (C=O) groups excluding carboxylic acids is 1. The molecule has 164 valence electrons. The molecule has 0 amide bonds. The summed E-state index contributed by atoms with van der Waals surface area (Å²) in [4.78, 5) is 14.0. The first-order valence-electron chi connectivity index (χ1n) is 9.71. The van der Waals surface area contributed by atoms with Crippen LogP contribution in [0.1, 0.15) is 16.6 Å². The van der Waals surface area contributed by atoms with Crippen LogP contribution in [0.3, 0.4) is 0 Å². The summed E-state index contributed by atoms with van der Waals surface area (Å²) in [5, 5.41) is -0.0866. The fourth-order valence-electron chi connectivity index (χ4n) is 3.62. The molecule has 4 rings (SSSR count). The second-order valence-electron chi connectivity index (χ2n) is 6.96. The number of fused-ring (bicyclic) bond motifs is 1. The molecular formula is C21H20F2N2O4S2. The second kappa shape index (κ2) is 8.52. The first-order valence-corrected chi connectivity index (χ1v) is 12.0. The first-order chi connectivity index (χ1) is 14.8. The molecule has 0 N–H and O–H groups in total. The SMILES string of the molecule is CCOC(=O)c1sc2cccc(F)c2c1S(=O)(=O)N1CCN(c2ccc(F)cc2)CC1. The molecule has 1 saturated heterocycles. The van der Waals surface area contributed by atoms with Crippen LogP contribution >= 0.6 is 11.3 Å². The van der Waals surface area contributed by atoms with Crippen LogP contribution in [0.25, 0.3) is 10.1 Å². The van der Waals surface area contributed by atoms with Crippen molar-refractivity contribution in [3.8, 4) is 0 Å². The van der Waals surface area contributed by atoms with E-state index in [0.29, 0.717) is 17.8 Å². The van der Waals surface area contributed by atoms with Crippen LogP contribution in [-0.4, -0.2) is 51.5 Å². The van der Waals surface area contributed by atoms with Gasteiger partial charge in [-0.15, -0.1) is 11.3 Å². The number of anilines is 1. The van der Waals surface area contributed by atoms with Crippen molar-refractivity contribution in [3.05, 3.63) is 59.0 Å². The van der Waals surface area contributed by atoms with Gasteiger partial charge in [-0.25, -0.2) is 22.0 Å². The van der Waals surface area contributed by atoms with Crippen molar-refractivity contribution in [3.63, 3.8) is 0 Å². The molecule has 0 radical (unpaired) electrons. The molecule has 2 aromatic carbocycles. The number of halogens is 2. The minimum absolute atomic E-state index is 0.0748. The minimum Gasteiger partial charge on any atom is -0.462 e. The molecule has 1 aromatic heterocycles. The maximum absolute atomic E-state index is 14.7. The van der Waals surface area contributed by atoms with E-state index < -0.39 is 21.8 Å². The van der Waals surface area contributed by atoms with Gasteiger partial charge < -0.3 is 9.64 Å². The van der Waals surface area contributed by atoms with E-state index >= 15 is 0 Å². The first kappa shape index (κ1) is 21.7. The standard InChI is InChI=1S/C21H20F2N2O4S2/c1-2-29-21(26)19-20(18-16(23)4-3-5-17(18)30-19)31(27,28)25-12-10-24(11-13-25)15-8-6-14(22)7-9-15/h3-9H,2,10-13H2,1H3. The van der Waals surface area contributed by atoms with Gasteiger partial charge in [0.2, 0.25) is 10.0 Å². The lowest BCUT2D eigenvalue weighted by molar-refractivity contribution is 0.0528. The zero-order valence-corrected chi connectivity index (χ0v) is 18.3. The van der Waals surface area contributed by atoms with E-state index in [1.807, 2.05) is 4.90 Å². The number of hydrogen-bond donors (Lipinski definition) is 0. The highest BCUT2D eigenvalue weighted by molar-refractivity contribution is 7.89. The molecule has 1 fully saturated rings. The summed E-state index contributed by atoms with van der Waals surface area (Å²) in [6.45, 7) is 2.75. The van der Waals surface area contributed by atoms with Gasteiger partial charge in [-0.05, 0) is 43.3 Å². The van der Waals surface area contributed by atoms with Gasteiger partial charge >= 0.3 is 5.97 Å². The number of hydrogen-bond acceptors (Lipinski definition) is 6. The third-order valence-corrected chi connectivity index (χ3v) is 8.34. The number of rotatable bonds is 5. The Balaban J connectivity index is 1.68. The molecule has 10 heteroatoms. The second-order valence-corrected chi connectivity index (χ2v) is 9.89. The Labute approximate surface area is 182 Å². The Hall–Kier alpha value is -2.56. The highest BCUT2D eigenvalue weighted by atomic mass is 32.2. The third-order valence-electron chi connectivity index (χ3n) is 5.11. The number of thiophene rings is 1. The number of ether oxygens (including phenoxy) is 1. The maximum atomic E-state index is 14.7. The summed E-state index contributed by atoms with van der Waals surface area (Å²) >= 11 is 0.909. The molecule has 0 unspecified atom stereocenters. The van der Waals surface area contributed by atoms with E-state index in [1.54, 1.807) is 25.1 Å². The van der Waals surface area contributed by atoms with E-state index in [0.717, 1.165) is 17.0 Å². The summed E-state index contributed by atoms with van der Waals surface area (Å²) in [7, 11) is -4.16. The third kappa shape index (κ3) is 4.02. The molecule has 31 heavy (non-hydrogen) atoms. The van der Waals surface area contributed by atoms with E-state index in [-0.39, 0.29) is 40.7 Å². The van der Waals surface area contributed by atoms with Crippen molar-refractivity contribution >= 4 is 43.1 Å². The van der Waals surface area contributed by atoms with Crippen LogP contribution in [0, 0.1) is 11.6 Å². The molecule has 0 bridgehead atoms. The number of sulfonamides is 1. The van der Waals surface area contributed by atoms with Crippen molar-refractivity contribution in [1.29, 1.82) is 0 Å². The van der Waals surface area contributed by atoms with E-state index in [4.69, 9.17) is 4.74 Å². The molecule has 0 saturated carbocycles. The predicted molar refractivity (Wildman–Crippen MR) is 115 cm³/mol. The lowest BCUT2D eigenvalue weighted by Gasteiger charge is -2.35. The van der Waals surface area contributed by atoms with Gasteiger partial charge in [0.1, 0.15) is 21.4 Å². The monoisotopic (exact) mass is 466 g/mol. The number of esters is 1. The lowest BCUT2D eigenvalue weighted by atomic mass is 10.2. The van der Waals surface area contributed by atoms with Gasteiger partial charge in [0.15, 0.2) is 0 Å². The Morgan fingerprint density at radius 1 is 1.06 bits per heavy atom. The van der Waals surface area contributed by atoms with Crippen molar-refractivity contribution in [2.45, 2.75) is 11.8 Å². The van der Waals surface area contributed by atoms with Crippen LogP contribution in [0.4, 0.5) is 14.5 Å². The normalized spacial score (nSPS) is 15.4. The molecule has 0 spiro atoms. The summed E-state index contributed by atoms with van der Waals surface area (Å²) in [6.07, 6.45) is 0. The Morgan fingerprint density at radius 3 is 2.39 bits per heavy atom. The molecule has 1 aliphatic rings. The number of piperazine rings is 1. The molecule has 3 aromatic rings. The summed E-state index contributed by atoms with van der Waals surface area (Å²) in [5.74, 6) is -1.83. The number of carbonyl (C=O) groups is 1. The highest BCUT2D eigenvalue weighted by Crippen LogP contribution is 2.38. The van der Waals surface area contributed by atoms with Gasteiger partial charge in [-0.1, -0.05) is 6.07 Å². The molecular weight excluding hydrogens is 446 g/mol. The van der Waals surface area contributed by atoms with E-state index in [1.165, 1.54) is 28.6 Å². The average molecular weight is 467 g/mol. The summed E-state index contributed by atoms with van der Waals surface area (Å²) < 4.78 is 61.5. The van der Waals surface area contributed by atoms with Gasteiger partial charge in [0, 0.05) is 42.0 Å². The Kier molecular flexibility index (Phi) is 5.96. The van der Waals surface area contributed by atoms with Gasteiger partial charge in [0.05, 0.1) is 6.61 Å². The Morgan fingerprint density at radius 2 is 1.74 bits per heavy atom. The molecule has 0 aliphatic carbocycles. The van der Waals surface area contributed by atoms with Crippen LogP contribution in [0.5, 0.6) is 0 Å². The largest absolute Gasteiger partial charge is 0.462 e. The Bertz CT molecular complexity index is 1220. The van der Waals surface area contributed by atoms with E-state index in [2.05, 4.69) is 0 Å². The van der Waals surface area contributed by atoms with Crippen LogP contribution in [-0.2, 0) is 14.8 Å². The number of benzene rings is 2. The zero-order valence-electron chi connectivity index (χ0n) is 16.7. The number of nitrogens with zero attached hydrogens (tertiary/aromatic N) is 2. The average Bonchev–Trinajstić information content (AvgIpc) is 3.17. The van der Waals surface area contributed by atoms with Crippen molar-refractivity contribution in [2.24, 2.45) is 0 Å². The summed E-state index contributed by atoms with van der Waals surface area (Å²) in [6, 6.07) is 10.2. The fourth-order valence-corrected chi connectivity index (χ4v) is 6.82. The quantitative estimate of drug-likeness (QED) is 0.534. The van der Waals surface area contributed by atoms with Gasteiger partial charge in [-0.2, -0.15) is 4.31 Å². The molecule has 2 heterocycles. The molecule has 6 nitrogen and oxygen atoms in total. The maximum Gasteiger partial charge on any atom is 0.349 e. The molecule has 0 atom stereocenters. The van der Waals surface area contributed by atoms with Crippen LogP contribution in [0.2, 0.25) is 0 Å². The van der Waals surface area contributed by atoms with Crippen LogP contribution < -0.4 is 4.90 Å². The zero-order chi connectivity index (χ0) is 22.2. The van der Waals surface area contributed by atoms with Crippen molar-refractivity contribution in [2.75, 3.05) is 37.7 Å². The fraction of sp³-hybridized carbons (Fsp3) is 0.286. The van der Waals surface area contributed by atoms with Crippen LogP contribution in [0.15, 0.2) is 47.4 Å². The smallest absolute Gasteiger partial charge is 0.349 e. The lowest BCUT2D eigenvalue weighted by Crippen LogP contribution is -2.48. The topological polar surface area (TPSA) is 66.9 Å². The molecule has 1 aliphatic heterocycles. The summed E-state index contributed by atoms with van der Waals surface area (Å²) in [5.41, 5.74) is 0.790. The van der Waals surface area contributed by atoms with Crippen molar-refractivity contribution < 1.29 is 26.7 Å². The van der Waals surface area contributed by atoms with Crippen molar-refractivity contribution in [1.82, 2.24) is 4.31 Å². The van der Waals surface area contributed by atoms with E-state index in [9.17, 15) is 22.0 Å². The minimum atomic E-state index is -4.16. The van der Waals surface area contributed by atoms with Gasteiger partial charge in [0.25, 0.3) is 0 Å².